The van der Waals surface area contributed by atoms with E-state index in [1.165, 1.54) is 10.9 Å². The Morgan fingerprint density at radius 3 is 2.69 bits per heavy atom. The quantitative estimate of drug-likeness (QED) is 0.368. The van der Waals surface area contributed by atoms with E-state index in [1.807, 2.05) is 0 Å². The standard InChI is InChI=1S/C15H22N6O5/c16-12-9-13(20-15(19-12)18-6-2-1-3-7(6)23)21(5-17-9)14-11(25)10(24)8(4-22)26-14/h5-8,10-11,14,22-25H,1-4H2,(H3,16,18,19,20)/t6-,7-,8+,10+,11+,14+/m0/s1. The van der Waals surface area contributed by atoms with Gasteiger partial charge in [0.15, 0.2) is 17.7 Å². The maximum atomic E-state index is 10.2. The van der Waals surface area contributed by atoms with Crippen LogP contribution in [0.4, 0.5) is 11.8 Å². The van der Waals surface area contributed by atoms with Gasteiger partial charge >= 0.3 is 0 Å². The number of fused-ring (bicyclic) bond motifs is 1. The van der Waals surface area contributed by atoms with Crippen LogP contribution in [0.3, 0.4) is 0 Å². The van der Waals surface area contributed by atoms with Gasteiger partial charge in [-0.1, -0.05) is 0 Å². The van der Waals surface area contributed by atoms with Crippen molar-refractivity contribution in [3.63, 3.8) is 0 Å². The zero-order valence-corrected chi connectivity index (χ0v) is 13.9. The first-order valence-electron chi connectivity index (χ1n) is 8.56. The fraction of sp³-hybridized carbons (Fsp3) is 0.667. The first kappa shape index (κ1) is 17.4. The van der Waals surface area contributed by atoms with Crippen LogP contribution >= 0.6 is 0 Å². The van der Waals surface area contributed by atoms with E-state index in [-0.39, 0.29) is 17.8 Å². The van der Waals surface area contributed by atoms with Gasteiger partial charge in [0.25, 0.3) is 0 Å². The molecule has 0 aromatic carbocycles. The van der Waals surface area contributed by atoms with Gasteiger partial charge in [-0.2, -0.15) is 9.97 Å². The van der Waals surface area contributed by atoms with Gasteiger partial charge in [0, 0.05) is 0 Å². The summed E-state index contributed by atoms with van der Waals surface area (Å²) < 4.78 is 6.98. The number of hydrogen-bond acceptors (Lipinski definition) is 10. The van der Waals surface area contributed by atoms with Crippen molar-refractivity contribution in [2.24, 2.45) is 0 Å². The monoisotopic (exact) mass is 366 g/mol. The molecule has 0 amide bonds. The summed E-state index contributed by atoms with van der Waals surface area (Å²) in [5.74, 6) is 0.393. The first-order chi connectivity index (χ1) is 12.5. The van der Waals surface area contributed by atoms with Crippen molar-refractivity contribution in [2.45, 2.75) is 55.9 Å². The highest BCUT2D eigenvalue weighted by molar-refractivity contribution is 5.83. The van der Waals surface area contributed by atoms with Crippen LogP contribution in [0.2, 0.25) is 0 Å². The van der Waals surface area contributed by atoms with Crippen LogP contribution in [-0.2, 0) is 4.74 Å². The molecule has 2 fully saturated rings. The van der Waals surface area contributed by atoms with Crippen molar-refractivity contribution in [2.75, 3.05) is 17.7 Å². The van der Waals surface area contributed by atoms with Gasteiger partial charge in [-0.05, 0) is 19.3 Å². The average molecular weight is 366 g/mol. The van der Waals surface area contributed by atoms with E-state index < -0.39 is 37.3 Å². The maximum Gasteiger partial charge on any atom is 0.227 e. The van der Waals surface area contributed by atoms with Crippen molar-refractivity contribution in [1.29, 1.82) is 0 Å². The van der Waals surface area contributed by atoms with E-state index in [1.54, 1.807) is 0 Å². The summed E-state index contributed by atoms with van der Waals surface area (Å²) in [5, 5.41) is 42.5. The zero-order valence-electron chi connectivity index (χ0n) is 13.9. The highest BCUT2D eigenvalue weighted by Crippen LogP contribution is 2.32. The fourth-order valence-electron chi connectivity index (χ4n) is 3.57. The van der Waals surface area contributed by atoms with Crippen molar-refractivity contribution in [1.82, 2.24) is 19.5 Å². The molecule has 1 aliphatic carbocycles. The van der Waals surface area contributed by atoms with Crippen LogP contribution in [0, 0.1) is 0 Å². The second kappa shape index (κ2) is 6.59. The van der Waals surface area contributed by atoms with Crippen LogP contribution in [-0.4, -0.2) is 77.0 Å². The molecule has 4 rings (SSSR count). The summed E-state index contributed by atoms with van der Waals surface area (Å²) in [6.07, 6.45) is -1.000. The summed E-state index contributed by atoms with van der Waals surface area (Å²) in [4.78, 5) is 12.7. The minimum Gasteiger partial charge on any atom is -0.394 e. The molecule has 1 aliphatic heterocycles. The summed E-state index contributed by atoms with van der Waals surface area (Å²) in [6, 6.07) is -0.155. The topological polar surface area (TPSA) is 172 Å². The number of nitrogens with two attached hydrogens (primary N) is 1. The molecule has 6 atom stereocenters. The Morgan fingerprint density at radius 1 is 1.23 bits per heavy atom. The number of imidazole rings is 1. The number of anilines is 2. The summed E-state index contributed by atoms with van der Waals surface area (Å²) in [5.41, 5.74) is 6.63. The van der Waals surface area contributed by atoms with Crippen LogP contribution in [0.25, 0.3) is 11.2 Å². The van der Waals surface area contributed by atoms with Gasteiger partial charge in [0.2, 0.25) is 5.95 Å². The molecule has 1 saturated heterocycles. The van der Waals surface area contributed by atoms with Crippen LogP contribution in [0.1, 0.15) is 25.5 Å². The lowest BCUT2D eigenvalue weighted by Gasteiger charge is -2.18. The van der Waals surface area contributed by atoms with Crippen molar-refractivity contribution in [3.05, 3.63) is 6.33 Å². The lowest BCUT2D eigenvalue weighted by molar-refractivity contribution is -0.0511. The van der Waals surface area contributed by atoms with E-state index >= 15 is 0 Å². The number of rotatable bonds is 4. The van der Waals surface area contributed by atoms with Crippen LogP contribution in [0.15, 0.2) is 6.33 Å². The van der Waals surface area contributed by atoms with Gasteiger partial charge in [0.1, 0.15) is 23.8 Å². The molecule has 3 heterocycles. The summed E-state index contributed by atoms with van der Waals surface area (Å²) in [6.45, 7) is -0.426. The molecule has 2 aromatic heterocycles. The highest BCUT2D eigenvalue weighted by atomic mass is 16.6. The molecule has 11 nitrogen and oxygen atoms in total. The first-order valence-corrected chi connectivity index (χ1v) is 8.56. The molecule has 2 aliphatic rings. The number of nitrogen functional groups attached to an aromatic ring is 1. The minimum atomic E-state index is -1.26. The number of hydrogen-bond donors (Lipinski definition) is 6. The molecule has 2 aromatic rings. The Kier molecular flexibility index (Phi) is 4.40. The Morgan fingerprint density at radius 2 is 2.04 bits per heavy atom. The van der Waals surface area contributed by atoms with E-state index in [9.17, 15) is 20.4 Å². The van der Waals surface area contributed by atoms with E-state index in [0.29, 0.717) is 11.2 Å². The van der Waals surface area contributed by atoms with Crippen LogP contribution in [0.5, 0.6) is 0 Å². The Bertz CT molecular complexity index is 800. The van der Waals surface area contributed by atoms with Gasteiger partial charge in [-0.25, -0.2) is 4.98 Å². The Balaban J connectivity index is 1.68. The van der Waals surface area contributed by atoms with Gasteiger partial charge in [0.05, 0.1) is 25.1 Å². The lowest BCUT2D eigenvalue weighted by atomic mass is 10.1. The van der Waals surface area contributed by atoms with E-state index in [4.69, 9.17) is 10.5 Å². The lowest BCUT2D eigenvalue weighted by Crippen LogP contribution is -2.33. The number of nitrogens with zero attached hydrogens (tertiary/aromatic N) is 4. The average Bonchev–Trinajstić information content (AvgIpc) is 3.28. The molecular formula is C15H22N6O5. The van der Waals surface area contributed by atoms with Crippen LogP contribution < -0.4 is 11.1 Å². The third kappa shape index (κ3) is 2.77. The smallest absolute Gasteiger partial charge is 0.227 e. The second-order valence-corrected chi connectivity index (χ2v) is 6.73. The molecular weight excluding hydrogens is 344 g/mol. The number of aliphatic hydroxyl groups is 4. The summed E-state index contributed by atoms with van der Waals surface area (Å²) in [7, 11) is 0. The van der Waals surface area contributed by atoms with Crippen molar-refractivity contribution < 1.29 is 25.2 Å². The molecule has 7 N–H and O–H groups in total. The molecule has 0 unspecified atom stereocenters. The minimum absolute atomic E-state index is 0.149. The van der Waals surface area contributed by atoms with Gasteiger partial charge in [-0.15, -0.1) is 0 Å². The predicted molar refractivity (Wildman–Crippen MR) is 90.0 cm³/mol. The third-order valence-electron chi connectivity index (χ3n) is 5.03. The number of aromatic nitrogens is 4. The number of nitrogens with one attached hydrogen (secondary N) is 1. The molecule has 142 valence electrons. The fourth-order valence-corrected chi connectivity index (χ4v) is 3.57. The zero-order chi connectivity index (χ0) is 18.4. The predicted octanol–water partition coefficient (Wildman–Crippen LogP) is -1.65. The molecule has 26 heavy (non-hydrogen) atoms. The molecule has 11 heteroatoms. The highest BCUT2D eigenvalue weighted by Gasteiger charge is 2.44. The third-order valence-corrected chi connectivity index (χ3v) is 5.03. The van der Waals surface area contributed by atoms with Crippen molar-refractivity contribution >= 4 is 22.9 Å². The largest absolute Gasteiger partial charge is 0.394 e. The Labute approximate surface area is 148 Å². The maximum absolute atomic E-state index is 10.2. The van der Waals surface area contributed by atoms with E-state index in [0.717, 1.165) is 19.3 Å². The van der Waals surface area contributed by atoms with Crippen molar-refractivity contribution in [3.8, 4) is 0 Å². The number of ether oxygens (including phenoxy) is 1. The van der Waals surface area contributed by atoms with Gasteiger partial charge < -0.3 is 36.2 Å². The summed E-state index contributed by atoms with van der Waals surface area (Å²) >= 11 is 0. The molecule has 0 radical (unpaired) electrons. The molecule has 0 spiro atoms. The van der Waals surface area contributed by atoms with Gasteiger partial charge in [-0.3, -0.25) is 4.57 Å². The number of aliphatic hydroxyl groups excluding tert-OH is 4. The SMILES string of the molecule is Nc1nc(N[C@H]2CCC[C@@H]2O)nc2c1ncn2[C@@H]1O[C@H](CO)[C@@H](O)[C@H]1O. The molecule has 1 saturated carbocycles. The molecule has 0 bridgehead atoms. The normalized spacial score (nSPS) is 34.6. The second-order valence-electron chi connectivity index (χ2n) is 6.73. The Hall–Kier alpha value is -2.05. The van der Waals surface area contributed by atoms with E-state index in [2.05, 4.69) is 20.3 Å².